The molecule has 15 heteroatoms. The summed E-state index contributed by atoms with van der Waals surface area (Å²) in [6.07, 6.45) is 0. The number of nitrogens with zero attached hydrogens (tertiary/aromatic N) is 2. The van der Waals surface area contributed by atoms with Gasteiger partial charge in [0.25, 0.3) is 0 Å². The van der Waals surface area contributed by atoms with Crippen LogP contribution in [0.3, 0.4) is 0 Å². The smallest absolute Gasteiger partial charge is 0.506 e. The predicted octanol–water partition coefficient (Wildman–Crippen LogP) is 0.265. The van der Waals surface area contributed by atoms with Gasteiger partial charge in [-0.05, 0) is 41.8 Å². The van der Waals surface area contributed by atoms with E-state index >= 15 is 0 Å². The number of aromatic hydroxyl groups is 1. The monoisotopic (exact) mass is 533 g/mol. The van der Waals surface area contributed by atoms with Crippen molar-refractivity contribution in [2.75, 3.05) is 19.5 Å². The molecule has 0 saturated carbocycles. The number of carboxylic acids is 1. The van der Waals surface area contributed by atoms with Crippen molar-refractivity contribution < 1.29 is 74.9 Å². The summed E-state index contributed by atoms with van der Waals surface area (Å²) in [5.41, 5.74) is 0.0442. The fourth-order valence-electron chi connectivity index (χ4n) is 2.95. The van der Waals surface area contributed by atoms with Gasteiger partial charge in [-0.3, -0.25) is 4.55 Å². The van der Waals surface area contributed by atoms with E-state index in [4.69, 9.17) is 14.4 Å². The number of hydrogen-bond acceptors (Lipinski definition) is 10. The summed E-state index contributed by atoms with van der Waals surface area (Å²) in [5, 5.41) is 28.3. The SMILES string of the molecule is COc1ccc(S(=O)(=O)CCOS(=O)(=O)O)cc1N=Nc1c(O)ccc2cc(C(=O)O)ccc12.[Na+]. The van der Waals surface area contributed by atoms with E-state index in [0.717, 1.165) is 6.07 Å². The van der Waals surface area contributed by atoms with E-state index in [2.05, 4.69) is 14.4 Å². The molecule has 0 spiro atoms. The number of phenols is 1. The van der Waals surface area contributed by atoms with Crippen molar-refractivity contribution in [2.24, 2.45) is 10.2 Å². The van der Waals surface area contributed by atoms with Crippen molar-refractivity contribution in [1.82, 2.24) is 0 Å². The number of carbonyl (C=O) groups is 1. The molecule has 0 atom stereocenters. The van der Waals surface area contributed by atoms with Crippen LogP contribution < -0.4 is 34.3 Å². The molecule has 0 aliphatic heterocycles. The van der Waals surface area contributed by atoms with Gasteiger partial charge >= 0.3 is 45.9 Å². The summed E-state index contributed by atoms with van der Waals surface area (Å²) in [7, 11) is -7.50. The number of benzene rings is 3. The summed E-state index contributed by atoms with van der Waals surface area (Å²) in [6, 6.07) is 10.7. The molecule has 0 aliphatic rings. The van der Waals surface area contributed by atoms with Crippen molar-refractivity contribution >= 4 is 48.4 Å². The van der Waals surface area contributed by atoms with Crippen LogP contribution in [0.2, 0.25) is 0 Å². The van der Waals surface area contributed by atoms with Crippen LogP contribution >= 0.6 is 0 Å². The van der Waals surface area contributed by atoms with E-state index < -0.39 is 38.6 Å². The first-order chi connectivity index (χ1) is 15.9. The standard InChI is InChI=1S/C20H18N2O10S2.Na/c1-31-18-7-4-14(33(26,27)9-8-32-34(28,29)30)11-16(18)21-22-19-15-5-2-13(20(24)25)10-12(15)3-6-17(19)23;/h2-7,10-11,23H,8-9H2,1H3,(H,24,25)(H,28,29,30);/q;+1. The second kappa shape index (κ2) is 11.4. The normalized spacial score (nSPS) is 11.9. The second-order valence-corrected chi connectivity index (χ2v) is 9.98. The fourth-order valence-corrected chi connectivity index (χ4v) is 4.46. The Bertz CT molecular complexity index is 1510. The molecule has 3 rings (SSSR count). The van der Waals surface area contributed by atoms with Crippen LogP contribution in [0.1, 0.15) is 10.4 Å². The minimum Gasteiger partial charge on any atom is -0.506 e. The van der Waals surface area contributed by atoms with Crippen LogP contribution in [-0.4, -0.2) is 57.0 Å². The molecule has 0 bridgehead atoms. The van der Waals surface area contributed by atoms with Gasteiger partial charge in [0, 0.05) is 5.39 Å². The number of fused-ring (bicyclic) bond motifs is 1. The van der Waals surface area contributed by atoms with E-state index in [-0.39, 0.29) is 62.9 Å². The van der Waals surface area contributed by atoms with Crippen LogP contribution in [0.4, 0.5) is 11.4 Å². The zero-order chi connectivity index (χ0) is 25.1. The Kier molecular flexibility index (Phi) is 9.36. The number of hydrogen-bond donors (Lipinski definition) is 3. The number of sulfone groups is 1. The number of carboxylic acid groups (broad SMARTS) is 1. The quantitative estimate of drug-likeness (QED) is 0.195. The van der Waals surface area contributed by atoms with Crippen LogP contribution in [0, 0.1) is 0 Å². The maximum atomic E-state index is 12.5. The topological polar surface area (TPSA) is 189 Å². The second-order valence-electron chi connectivity index (χ2n) is 6.78. The van der Waals surface area contributed by atoms with E-state index in [1.54, 1.807) is 0 Å². The van der Waals surface area contributed by atoms with E-state index in [1.165, 1.54) is 49.6 Å². The first-order valence-electron chi connectivity index (χ1n) is 9.35. The number of ether oxygens (including phenoxy) is 1. The molecular weight excluding hydrogens is 515 g/mol. The molecule has 0 saturated heterocycles. The molecule has 35 heavy (non-hydrogen) atoms. The Hall–Kier alpha value is -2.59. The van der Waals surface area contributed by atoms with Gasteiger partial charge in [-0.1, -0.05) is 12.1 Å². The molecule has 3 aromatic rings. The Balaban J connectivity index is 0.00000432. The maximum absolute atomic E-state index is 12.5. The van der Waals surface area contributed by atoms with Gasteiger partial charge in [0.2, 0.25) is 0 Å². The van der Waals surface area contributed by atoms with Gasteiger partial charge in [-0.15, -0.1) is 10.2 Å². The van der Waals surface area contributed by atoms with Crippen LogP contribution in [0.5, 0.6) is 11.5 Å². The third kappa shape index (κ3) is 7.20. The number of aromatic carboxylic acids is 1. The zero-order valence-electron chi connectivity index (χ0n) is 18.4. The van der Waals surface area contributed by atoms with Gasteiger partial charge in [0.15, 0.2) is 9.84 Å². The van der Waals surface area contributed by atoms with E-state index in [9.17, 15) is 26.7 Å². The molecule has 0 heterocycles. The zero-order valence-corrected chi connectivity index (χ0v) is 22.1. The minimum atomic E-state index is -4.79. The molecule has 0 radical (unpaired) electrons. The molecule has 3 N–H and O–H groups in total. The molecule has 0 aliphatic carbocycles. The van der Waals surface area contributed by atoms with Crippen molar-refractivity contribution in [3.63, 3.8) is 0 Å². The predicted molar refractivity (Wildman–Crippen MR) is 119 cm³/mol. The van der Waals surface area contributed by atoms with Crippen molar-refractivity contribution in [2.45, 2.75) is 4.90 Å². The average molecular weight is 533 g/mol. The molecule has 12 nitrogen and oxygen atoms in total. The van der Waals surface area contributed by atoms with Gasteiger partial charge in [-0.2, -0.15) is 8.42 Å². The first-order valence-corrected chi connectivity index (χ1v) is 12.4. The van der Waals surface area contributed by atoms with Gasteiger partial charge < -0.3 is 14.9 Å². The minimum absolute atomic E-state index is 0. The van der Waals surface area contributed by atoms with Gasteiger partial charge in [-0.25, -0.2) is 17.4 Å². The number of phenolic OH excluding ortho intramolecular Hbond substituents is 1. The van der Waals surface area contributed by atoms with Crippen LogP contribution in [0.15, 0.2) is 63.7 Å². The Labute approximate surface area is 222 Å². The summed E-state index contributed by atoms with van der Waals surface area (Å²) in [6.45, 7) is -0.799. The molecular formula is C20H18N2NaO10S2+. The number of methoxy groups -OCH3 is 1. The summed E-state index contributed by atoms with van der Waals surface area (Å²) < 4.78 is 64.1. The largest absolute Gasteiger partial charge is 1.00 e. The summed E-state index contributed by atoms with van der Waals surface area (Å²) in [5.74, 6) is -1.96. The number of rotatable bonds is 9. The Morgan fingerprint density at radius 2 is 1.71 bits per heavy atom. The Morgan fingerprint density at radius 3 is 2.34 bits per heavy atom. The van der Waals surface area contributed by atoms with E-state index in [0.29, 0.717) is 10.8 Å². The Morgan fingerprint density at radius 1 is 1.00 bits per heavy atom. The molecule has 0 unspecified atom stereocenters. The third-order valence-corrected chi connectivity index (χ3v) is 6.71. The van der Waals surface area contributed by atoms with Crippen LogP contribution in [0.25, 0.3) is 10.8 Å². The average Bonchev–Trinajstić information content (AvgIpc) is 2.76. The van der Waals surface area contributed by atoms with Crippen molar-refractivity contribution in [3.8, 4) is 11.5 Å². The van der Waals surface area contributed by atoms with Crippen molar-refractivity contribution in [3.05, 3.63) is 54.1 Å². The van der Waals surface area contributed by atoms with Crippen molar-refractivity contribution in [1.29, 1.82) is 0 Å². The number of azo groups is 1. The van der Waals surface area contributed by atoms with Gasteiger partial charge in [0.1, 0.15) is 22.9 Å². The molecule has 180 valence electrons. The summed E-state index contributed by atoms with van der Waals surface area (Å²) in [4.78, 5) is 11.0. The van der Waals surface area contributed by atoms with Crippen LogP contribution in [-0.2, 0) is 24.4 Å². The van der Waals surface area contributed by atoms with Gasteiger partial charge in [0.05, 0.1) is 29.9 Å². The maximum Gasteiger partial charge on any atom is 1.00 e. The first kappa shape index (κ1) is 28.6. The molecule has 0 aromatic heterocycles. The van der Waals surface area contributed by atoms with E-state index in [1.807, 2.05) is 0 Å². The molecule has 0 amide bonds. The third-order valence-electron chi connectivity index (χ3n) is 4.57. The molecule has 0 fully saturated rings. The molecule has 3 aromatic carbocycles. The fraction of sp³-hybridized carbons (Fsp3) is 0.150. The summed E-state index contributed by atoms with van der Waals surface area (Å²) >= 11 is 0.